The largest absolute Gasteiger partial charge is 0.374 e. The van der Waals surface area contributed by atoms with Crippen molar-refractivity contribution in [2.75, 3.05) is 0 Å². The van der Waals surface area contributed by atoms with E-state index in [-0.39, 0.29) is 12.0 Å². The standard InChI is InChI=1S/C17H22O2/c1-11(2)13-5-3-12(4-6-13)9-16(18)15-10-14-7-8-17(15)19-14/h3-6,11,14-15,17H,7-10H2,1-2H3. The van der Waals surface area contributed by atoms with Crippen molar-refractivity contribution in [1.82, 2.24) is 0 Å². The lowest BCUT2D eigenvalue weighted by Crippen LogP contribution is -2.26. The molecule has 0 N–H and O–H groups in total. The predicted octanol–water partition coefficient (Wildman–Crippen LogP) is 3.49. The minimum Gasteiger partial charge on any atom is -0.374 e. The average Bonchev–Trinajstić information content (AvgIpc) is 3.01. The van der Waals surface area contributed by atoms with Crippen LogP contribution in [-0.4, -0.2) is 18.0 Å². The minimum absolute atomic E-state index is 0.156. The molecule has 1 aromatic carbocycles. The van der Waals surface area contributed by atoms with Crippen LogP contribution in [0, 0.1) is 5.92 Å². The van der Waals surface area contributed by atoms with Gasteiger partial charge in [-0.05, 0) is 36.3 Å². The molecule has 2 heteroatoms. The second-order valence-corrected chi connectivity index (χ2v) is 6.26. The summed E-state index contributed by atoms with van der Waals surface area (Å²) in [4.78, 5) is 12.3. The Labute approximate surface area is 115 Å². The molecule has 3 atom stereocenters. The number of ether oxygens (including phenoxy) is 1. The van der Waals surface area contributed by atoms with Gasteiger partial charge in [0, 0.05) is 12.3 Å². The number of fused-ring (bicyclic) bond motifs is 2. The highest BCUT2D eigenvalue weighted by atomic mass is 16.5. The van der Waals surface area contributed by atoms with Gasteiger partial charge in [0.05, 0.1) is 12.2 Å². The number of benzene rings is 1. The third-order valence-electron chi connectivity index (χ3n) is 4.54. The summed E-state index contributed by atoms with van der Waals surface area (Å²) in [5.74, 6) is 1.07. The molecule has 0 radical (unpaired) electrons. The molecule has 0 amide bonds. The van der Waals surface area contributed by atoms with E-state index in [9.17, 15) is 4.79 Å². The number of carbonyl (C=O) groups is 1. The Morgan fingerprint density at radius 3 is 2.53 bits per heavy atom. The van der Waals surface area contributed by atoms with Crippen LogP contribution in [0.1, 0.15) is 50.2 Å². The van der Waals surface area contributed by atoms with E-state index in [1.54, 1.807) is 0 Å². The van der Waals surface area contributed by atoms with Gasteiger partial charge in [0.1, 0.15) is 5.78 Å². The topological polar surface area (TPSA) is 26.3 Å². The van der Waals surface area contributed by atoms with Crippen LogP contribution in [0.4, 0.5) is 0 Å². The molecule has 2 saturated heterocycles. The average molecular weight is 258 g/mol. The summed E-state index contributed by atoms with van der Waals surface area (Å²) in [6.07, 6.45) is 4.32. The molecule has 0 aromatic heterocycles. The van der Waals surface area contributed by atoms with Crippen LogP contribution < -0.4 is 0 Å². The van der Waals surface area contributed by atoms with Crippen molar-refractivity contribution in [1.29, 1.82) is 0 Å². The predicted molar refractivity (Wildman–Crippen MR) is 75.2 cm³/mol. The first-order chi connectivity index (χ1) is 9.13. The van der Waals surface area contributed by atoms with Crippen molar-refractivity contribution in [3.8, 4) is 0 Å². The summed E-state index contributed by atoms with van der Waals surface area (Å²) >= 11 is 0. The molecule has 3 unspecified atom stereocenters. The number of Topliss-reactive ketones (excluding diaryl/α,β-unsaturated/α-hetero) is 1. The molecule has 2 fully saturated rings. The van der Waals surface area contributed by atoms with Gasteiger partial charge in [-0.2, -0.15) is 0 Å². The molecule has 2 aliphatic heterocycles. The number of hydrogen-bond acceptors (Lipinski definition) is 2. The van der Waals surface area contributed by atoms with Crippen molar-refractivity contribution in [3.05, 3.63) is 35.4 Å². The fourth-order valence-corrected chi connectivity index (χ4v) is 3.33. The molecule has 19 heavy (non-hydrogen) atoms. The molecule has 1 aromatic rings. The van der Waals surface area contributed by atoms with Crippen molar-refractivity contribution >= 4 is 5.78 Å². The molecule has 0 saturated carbocycles. The Balaban J connectivity index is 1.63. The fraction of sp³-hybridized carbons (Fsp3) is 0.588. The van der Waals surface area contributed by atoms with E-state index in [2.05, 4.69) is 38.1 Å². The van der Waals surface area contributed by atoms with Crippen LogP contribution in [0.5, 0.6) is 0 Å². The molecular weight excluding hydrogens is 236 g/mol. The fourth-order valence-electron chi connectivity index (χ4n) is 3.33. The van der Waals surface area contributed by atoms with Crippen LogP contribution in [-0.2, 0) is 16.0 Å². The monoisotopic (exact) mass is 258 g/mol. The summed E-state index contributed by atoms with van der Waals surface area (Å²) in [7, 11) is 0. The maximum Gasteiger partial charge on any atom is 0.143 e. The summed E-state index contributed by atoms with van der Waals surface area (Å²) < 4.78 is 5.77. The van der Waals surface area contributed by atoms with Crippen molar-refractivity contribution in [2.45, 2.75) is 57.7 Å². The Morgan fingerprint density at radius 1 is 1.26 bits per heavy atom. The molecule has 2 heterocycles. The summed E-state index contributed by atoms with van der Waals surface area (Å²) in [5.41, 5.74) is 2.47. The Hall–Kier alpha value is -1.15. The van der Waals surface area contributed by atoms with E-state index < -0.39 is 0 Å². The summed E-state index contributed by atoms with van der Waals surface area (Å²) in [6.45, 7) is 4.37. The van der Waals surface area contributed by atoms with Gasteiger partial charge in [-0.1, -0.05) is 38.1 Å². The second-order valence-electron chi connectivity index (χ2n) is 6.26. The quantitative estimate of drug-likeness (QED) is 0.826. The Morgan fingerprint density at radius 2 is 2.00 bits per heavy atom. The number of carbonyl (C=O) groups excluding carboxylic acids is 1. The molecule has 102 valence electrons. The van der Waals surface area contributed by atoms with Gasteiger partial charge >= 0.3 is 0 Å². The van der Waals surface area contributed by atoms with Crippen molar-refractivity contribution in [3.63, 3.8) is 0 Å². The van der Waals surface area contributed by atoms with Crippen molar-refractivity contribution < 1.29 is 9.53 Å². The van der Waals surface area contributed by atoms with Crippen LogP contribution in [0.15, 0.2) is 24.3 Å². The first-order valence-electron chi connectivity index (χ1n) is 7.40. The lowest BCUT2D eigenvalue weighted by Gasteiger charge is -2.17. The number of hydrogen-bond donors (Lipinski definition) is 0. The summed E-state index contributed by atoms with van der Waals surface area (Å²) in [5, 5.41) is 0. The highest BCUT2D eigenvalue weighted by molar-refractivity contribution is 5.84. The highest BCUT2D eigenvalue weighted by Crippen LogP contribution is 2.39. The van der Waals surface area contributed by atoms with Crippen LogP contribution >= 0.6 is 0 Å². The van der Waals surface area contributed by atoms with E-state index in [0.717, 1.165) is 24.8 Å². The van der Waals surface area contributed by atoms with E-state index in [4.69, 9.17) is 4.74 Å². The van der Waals surface area contributed by atoms with Crippen LogP contribution in [0.3, 0.4) is 0 Å². The smallest absolute Gasteiger partial charge is 0.143 e. The number of ketones is 1. The maximum atomic E-state index is 12.3. The van der Waals surface area contributed by atoms with Gasteiger partial charge in [-0.25, -0.2) is 0 Å². The van der Waals surface area contributed by atoms with Gasteiger partial charge in [0.15, 0.2) is 0 Å². The van der Waals surface area contributed by atoms with Crippen LogP contribution in [0.2, 0.25) is 0 Å². The second kappa shape index (κ2) is 5.09. The van der Waals surface area contributed by atoms with Gasteiger partial charge in [-0.3, -0.25) is 4.79 Å². The van der Waals surface area contributed by atoms with E-state index >= 15 is 0 Å². The first-order valence-corrected chi connectivity index (χ1v) is 7.40. The molecule has 2 nitrogen and oxygen atoms in total. The lowest BCUT2D eigenvalue weighted by molar-refractivity contribution is -0.123. The van der Waals surface area contributed by atoms with Gasteiger partial charge in [0.2, 0.25) is 0 Å². The zero-order valence-corrected chi connectivity index (χ0v) is 11.8. The van der Waals surface area contributed by atoms with E-state index in [1.165, 1.54) is 5.56 Å². The zero-order valence-electron chi connectivity index (χ0n) is 11.8. The molecule has 2 aliphatic rings. The highest BCUT2D eigenvalue weighted by Gasteiger charge is 2.43. The lowest BCUT2D eigenvalue weighted by atomic mass is 9.84. The van der Waals surface area contributed by atoms with E-state index in [1.807, 2.05) is 0 Å². The van der Waals surface area contributed by atoms with Crippen molar-refractivity contribution in [2.24, 2.45) is 5.92 Å². The third kappa shape index (κ3) is 2.59. The van der Waals surface area contributed by atoms with Gasteiger partial charge in [0.25, 0.3) is 0 Å². The SMILES string of the molecule is CC(C)c1ccc(CC(=O)C2CC3CCC2O3)cc1. The van der Waals surface area contributed by atoms with Crippen LogP contribution in [0.25, 0.3) is 0 Å². The zero-order chi connectivity index (χ0) is 13.4. The molecule has 0 spiro atoms. The first kappa shape index (κ1) is 12.9. The Kier molecular flexibility index (Phi) is 3.44. The van der Waals surface area contributed by atoms with Gasteiger partial charge < -0.3 is 4.74 Å². The minimum atomic E-state index is 0.156. The third-order valence-corrected chi connectivity index (χ3v) is 4.54. The van der Waals surface area contributed by atoms with Gasteiger partial charge in [-0.15, -0.1) is 0 Å². The molecular formula is C17H22O2. The Bertz CT molecular complexity index is 461. The summed E-state index contributed by atoms with van der Waals surface area (Å²) in [6, 6.07) is 8.48. The molecule has 0 aliphatic carbocycles. The van der Waals surface area contributed by atoms with E-state index in [0.29, 0.717) is 24.2 Å². The number of rotatable bonds is 4. The normalized spacial score (nSPS) is 29.1. The molecule has 2 bridgehead atoms. The molecule has 3 rings (SSSR count). The maximum absolute atomic E-state index is 12.3.